The molecule has 3 rings (SSSR count). The van der Waals surface area contributed by atoms with Crippen LogP contribution in [0.4, 0.5) is 21.6 Å². The first-order valence-electron chi connectivity index (χ1n) is 12.9. The summed E-state index contributed by atoms with van der Waals surface area (Å²) >= 11 is 0. The first-order chi connectivity index (χ1) is 19.7. The molecular weight excluding hydrogens is 533 g/mol. The second kappa shape index (κ2) is 16.4. The number of hydrogen-bond acceptors (Lipinski definition) is 9. The average Bonchev–Trinajstić information content (AvgIpc) is 2.96. The summed E-state index contributed by atoms with van der Waals surface area (Å²) in [5, 5.41) is 16.4. The van der Waals surface area contributed by atoms with Crippen LogP contribution in [0.25, 0.3) is 0 Å². The predicted molar refractivity (Wildman–Crippen MR) is 157 cm³/mol. The summed E-state index contributed by atoms with van der Waals surface area (Å²) in [4.78, 5) is 48.6. The van der Waals surface area contributed by atoms with Crippen LogP contribution < -0.4 is 32.9 Å². The molecule has 3 aromatic rings. The molecule has 0 aliphatic carbocycles. The lowest BCUT2D eigenvalue weighted by Crippen LogP contribution is -2.42. The fourth-order valence-electron chi connectivity index (χ4n) is 4.07. The number of nitrogens with one attached hydrogen (secondary N) is 4. The largest absolute Gasteiger partial charge is 0.414 e. The van der Waals surface area contributed by atoms with Crippen LogP contribution in [-0.4, -0.2) is 48.1 Å². The van der Waals surface area contributed by atoms with E-state index in [1.165, 1.54) is 36.7 Å². The molecule has 0 aliphatic heterocycles. The van der Waals surface area contributed by atoms with Crippen molar-refractivity contribution in [1.82, 2.24) is 9.13 Å². The molecule has 1 aromatic heterocycles. The van der Waals surface area contributed by atoms with Gasteiger partial charge in [-0.2, -0.15) is 0 Å². The quantitative estimate of drug-likeness (QED) is 0.118. The summed E-state index contributed by atoms with van der Waals surface area (Å²) in [7, 11) is 3.08. The average molecular weight is 570 g/mol. The molecule has 0 unspecified atom stereocenters. The minimum atomic E-state index is -0.644. The van der Waals surface area contributed by atoms with Crippen molar-refractivity contribution in [3.05, 3.63) is 86.3 Å². The summed E-state index contributed by atoms with van der Waals surface area (Å²) in [6.45, 7) is 1.78. The third-order valence-corrected chi connectivity index (χ3v) is 5.92. The number of aromatic nitrogens is 2. The van der Waals surface area contributed by atoms with Gasteiger partial charge in [0.25, 0.3) is 12.0 Å². The number of nitrogens with zero attached hydrogens (tertiary/aromatic N) is 2. The van der Waals surface area contributed by atoms with Crippen molar-refractivity contribution < 1.29 is 18.7 Å². The van der Waals surface area contributed by atoms with E-state index < -0.39 is 17.1 Å². The van der Waals surface area contributed by atoms with Crippen LogP contribution in [0.3, 0.4) is 0 Å². The number of halogens is 1. The highest BCUT2D eigenvalue weighted by Crippen LogP contribution is 2.18. The van der Waals surface area contributed by atoms with Gasteiger partial charge in [0.05, 0.1) is 6.54 Å². The maximum Gasteiger partial charge on any atom is 0.332 e. The molecule has 41 heavy (non-hydrogen) atoms. The van der Waals surface area contributed by atoms with Crippen molar-refractivity contribution >= 4 is 35.5 Å². The van der Waals surface area contributed by atoms with Gasteiger partial charge in [-0.1, -0.05) is 30.3 Å². The topological polar surface area (TPSA) is 173 Å². The maximum atomic E-state index is 14.4. The smallest absolute Gasteiger partial charge is 0.332 e. The molecule has 0 atom stereocenters. The molecule has 220 valence electrons. The van der Waals surface area contributed by atoms with Gasteiger partial charge in [-0.25, -0.2) is 9.18 Å². The van der Waals surface area contributed by atoms with Gasteiger partial charge in [0.15, 0.2) is 5.90 Å². The highest BCUT2D eigenvalue weighted by atomic mass is 19.1. The normalized spacial score (nSPS) is 10.2. The molecular formula is C28H36FN7O5. The van der Waals surface area contributed by atoms with E-state index in [-0.39, 0.29) is 61.3 Å². The van der Waals surface area contributed by atoms with E-state index >= 15 is 0 Å². The zero-order valence-corrected chi connectivity index (χ0v) is 23.3. The summed E-state index contributed by atoms with van der Waals surface area (Å²) < 4.78 is 21.2. The van der Waals surface area contributed by atoms with Gasteiger partial charge in [0, 0.05) is 44.7 Å². The Balaban J connectivity index is 0.00000287. The van der Waals surface area contributed by atoms with E-state index in [9.17, 15) is 23.6 Å². The Labute approximate surface area is 236 Å². The molecule has 0 saturated heterocycles. The lowest BCUT2D eigenvalue weighted by atomic mass is 10.1. The Hall–Kier alpha value is -4.78. The number of nitrogens with two attached hydrogens (primary N) is 1. The van der Waals surface area contributed by atoms with Gasteiger partial charge >= 0.3 is 5.69 Å². The minimum absolute atomic E-state index is 0.0953. The molecule has 1 heterocycles. The summed E-state index contributed by atoms with van der Waals surface area (Å²) in [6, 6.07) is 13.2. The maximum absolute atomic E-state index is 14.4. The van der Waals surface area contributed by atoms with E-state index in [1.807, 2.05) is 12.1 Å². The Bertz CT molecular complexity index is 1450. The van der Waals surface area contributed by atoms with Crippen molar-refractivity contribution in [1.29, 1.82) is 5.41 Å². The third-order valence-electron chi connectivity index (χ3n) is 5.92. The minimum Gasteiger partial charge on any atom is -0.414 e. The summed E-state index contributed by atoms with van der Waals surface area (Å²) in [5.41, 5.74) is 5.20. The Morgan fingerprint density at radius 2 is 1.78 bits per heavy atom. The number of carbonyl (C=O) groups excluding carboxylic acids is 2. The van der Waals surface area contributed by atoms with Gasteiger partial charge in [0.1, 0.15) is 17.3 Å². The van der Waals surface area contributed by atoms with E-state index in [4.69, 9.17) is 5.41 Å². The highest BCUT2D eigenvalue weighted by molar-refractivity contribution is 5.88. The number of hydrogen-bond donors (Lipinski definition) is 5. The molecule has 0 fully saturated rings. The predicted octanol–water partition coefficient (Wildman–Crippen LogP) is 2.36. The van der Waals surface area contributed by atoms with Crippen molar-refractivity contribution in [2.24, 2.45) is 5.73 Å². The Kier molecular flexibility index (Phi) is 12.9. The monoisotopic (exact) mass is 569 g/mol. The standard InChI is InChI=1S/C27H31FN6O5.CH5N/c1-18(36)32-21-11-9-19(10-12-21)13-14-31-24-25(30-2)33(15-5-8-23(29)39-17-35)27(38)34(26(24)37)16-20-6-3-4-7-22(20)28;1-2/h3-4,6-7,9-12,17,29-31H,5,8,13-16H2,1-2H3,(H,32,36);2H2,1H3. The molecule has 0 bridgehead atoms. The van der Waals surface area contributed by atoms with Crippen LogP contribution in [0, 0.1) is 11.2 Å². The molecule has 2 aromatic carbocycles. The number of rotatable bonds is 13. The molecule has 0 radical (unpaired) electrons. The summed E-state index contributed by atoms with van der Waals surface area (Å²) in [5.74, 6) is -0.700. The van der Waals surface area contributed by atoms with E-state index in [1.54, 1.807) is 25.2 Å². The second-order valence-electron chi connectivity index (χ2n) is 8.69. The third kappa shape index (κ3) is 9.14. The van der Waals surface area contributed by atoms with Crippen LogP contribution in [0.2, 0.25) is 0 Å². The number of carbonyl (C=O) groups is 2. The summed E-state index contributed by atoms with van der Waals surface area (Å²) in [6.07, 6.45) is 0.910. The van der Waals surface area contributed by atoms with Crippen LogP contribution in [0.5, 0.6) is 0 Å². The molecule has 6 N–H and O–H groups in total. The SMILES string of the molecule is CN.CNc1c(NCCc2ccc(NC(C)=O)cc2)c(=O)n(Cc2ccccc2F)c(=O)n1CCCC(=N)OC=O. The molecule has 0 saturated carbocycles. The fraction of sp³-hybridized carbons (Fsp3) is 0.321. The van der Waals surface area contributed by atoms with Crippen LogP contribution in [-0.2, 0) is 33.8 Å². The highest BCUT2D eigenvalue weighted by Gasteiger charge is 2.19. The van der Waals surface area contributed by atoms with Crippen LogP contribution in [0.1, 0.15) is 30.9 Å². The van der Waals surface area contributed by atoms with Gasteiger partial charge in [-0.3, -0.25) is 28.9 Å². The van der Waals surface area contributed by atoms with Crippen molar-refractivity contribution in [2.75, 3.05) is 36.6 Å². The van der Waals surface area contributed by atoms with Gasteiger partial charge in [-0.05, 0) is 43.7 Å². The Morgan fingerprint density at radius 3 is 2.39 bits per heavy atom. The molecule has 0 spiro atoms. The van der Waals surface area contributed by atoms with Crippen LogP contribution in [0.15, 0.2) is 58.1 Å². The first kappa shape index (κ1) is 32.4. The van der Waals surface area contributed by atoms with Gasteiger partial charge < -0.3 is 26.4 Å². The zero-order chi connectivity index (χ0) is 30.4. The van der Waals surface area contributed by atoms with E-state index in [2.05, 4.69) is 26.4 Å². The number of anilines is 3. The molecule has 0 aliphatic rings. The molecule has 12 nitrogen and oxygen atoms in total. The van der Waals surface area contributed by atoms with Gasteiger partial charge in [-0.15, -0.1) is 0 Å². The first-order valence-corrected chi connectivity index (χ1v) is 12.9. The Morgan fingerprint density at radius 1 is 1.10 bits per heavy atom. The number of amides is 1. The lowest BCUT2D eigenvalue weighted by Gasteiger charge is -2.20. The van der Waals surface area contributed by atoms with Crippen molar-refractivity contribution in [3.8, 4) is 0 Å². The van der Waals surface area contributed by atoms with Crippen molar-refractivity contribution in [2.45, 2.75) is 39.3 Å². The van der Waals surface area contributed by atoms with Gasteiger partial charge in [0.2, 0.25) is 5.91 Å². The van der Waals surface area contributed by atoms with Crippen LogP contribution >= 0.6 is 0 Å². The fourth-order valence-corrected chi connectivity index (χ4v) is 4.07. The van der Waals surface area contributed by atoms with Crippen molar-refractivity contribution in [3.63, 3.8) is 0 Å². The number of benzene rings is 2. The second-order valence-corrected chi connectivity index (χ2v) is 8.69. The lowest BCUT2D eigenvalue weighted by molar-refractivity contribution is -0.122. The zero-order valence-electron chi connectivity index (χ0n) is 23.3. The molecule has 13 heteroatoms. The van der Waals surface area contributed by atoms with E-state index in [0.717, 1.165) is 10.1 Å². The van der Waals surface area contributed by atoms with E-state index in [0.29, 0.717) is 18.7 Å². The molecule has 1 amide bonds. The number of ether oxygens (including phenoxy) is 1.